The number of hydrogen-bond acceptors (Lipinski definition) is 3. The molecular weight excluding hydrogens is 264 g/mol. The highest BCUT2D eigenvalue weighted by Crippen LogP contribution is 2.26. The highest BCUT2D eigenvalue weighted by atomic mass is 16.1. The standard InChI is InChI=1S/C16H20N4O/c1-10-15(11(2)20(3)19-10)18-16(21)14-9-17-8-12-6-4-5-7-13(12)14/h4-7,14,17H,8-9H2,1-3H3,(H,18,21). The van der Waals surface area contributed by atoms with Crippen molar-refractivity contribution in [3.05, 3.63) is 46.8 Å². The molecule has 1 aromatic heterocycles. The van der Waals surface area contributed by atoms with E-state index >= 15 is 0 Å². The molecule has 1 amide bonds. The molecule has 2 heterocycles. The van der Waals surface area contributed by atoms with Crippen LogP contribution in [0.2, 0.25) is 0 Å². The minimum Gasteiger partial charge on any atom is -0.322 e. The first kappa shape index (κ1) is 13.8. The molecule has 1 aliphatic heterocycles. The van der Waals surface area contributed by atoms with Gasteiger partial charge in [0.25, 0.3) is 0 Å². The second kappa shape index (κ2) is 5.33. The number of rotatable bonds is 2. The minimum atomic E-state index is -0.158. The van der Waals surface area contributed by atoms with Crippen molar-refractivity contribution >= 4 is 11.6 Å². The summed E-state index contributed by atoms with van der Waals surface area (Å²) in [5.74, 6) is -0.136. The van der Waals surface area contributed by atoms with Crippen LogP contribution in [0.3, 0.4) is 0 Å². The monoisotopic (exact) mass is 284 g/mol. The highest BCUT2D eigenvalue weighted by Gasteiger charge is 2.27. The van der Waals surface area contributed by atoms with Crippen LogP contribution in [-0.2, 0) is 18.4 Å². The van der Waals surface area contributed by atoms with E-state index in [0.717, 1.165) is 29.2 Å². The number of fused-ring (bicyclic) bond motifs is 1. The fraction of sp³-hybridized carbons (Fsp3) is 0.375. The number of amides is 1. The average Bonchev–Trinajstić information content (AvgIpc) is 2.73. The first-order valence-electron chi connectivity index (χ1n) is 7.17. The lowest BCUT2D eigenvalue weighted by Gasteiger charge is -2.25. The smallest absolute Gasteiger partial charge is 0.233 e. The van der Waals surface area contributed by atoms with E-state index in [1.165, 1.54) is 5.56 Å². The zero-order valence-electron chi connectivity index (χ0n) is 12.6. The van der Waals surface area contributed by atoms with Crippen molar-refractivity contribution in [2.45, 2.75) is 26.3 Å². The van der Waals surface area contributed by atoms with Gasteiger partial charge in [0.2, 0.25) is 5.91 Å². The van der Waals surface area contributed by atoms with Crippen molar-refractivity contribution in [1.82, 2.24) is 15.1 Å². The van der Waals surface area contributed by atoms with Crippen LogP contribution in [-0.4, -0.2) is 22.2 Å². The summed E-state index contributed by atoms with van der Waals surface area (Å²) in [6, 6.07) is 8.12. The second-order valence-electron chi connectivity index (χ2n) is 5.54. The molecule has 3 rings (SSSR count). The van der Waals surface area contributed by atoms with Crippen molar-refractivity contribution in [3.8, 4) is 0 Å². The van der Waals surface area contributed by atoms with Gasteiger partial charge in [0, 0.05) is 20.1 Å². The number of anilines is 1. The quantitative estimate of drug-likeness (QED) is 0.885. The topological polar surface area (TPSA) is 59.0 Å². The number of hydrogen-bond donors (Lipinski definition) is 2. The van der Waals surface area contributed by atoms with E-state index in [0.29, 0.717) is 6.54 Å². The molecule has 1 unspecified atom stereocenters. The van der Waals surface area contributed by atoms with E-state index in [1.54, 1.807) is 4.68 Å². The number of nitrogens with one attached hydrogen (secondary N) is 2. The lowest BCUT2D eigenvalue weighted by atomic mass is 9.90. The van der Waals surface area contributed by atoms with Crippen molar-refractivity contribution in [2.24, 2.45) is 7.05 Å². The van der Waals surface area contributed by atoms with Gasteiger partial charge in [-0.25, -0.2) is 0 Å². The fourth-order valence-corrected chi connectivity index (χ4v) is 2.90. The number of aromatic nitrogens is 2. The molecule has 110 valence electrons. The highest BCUT2D eigenvalue weighted by molar-refractivity contribution is 5.97. The van der Waals surface area contributed by atoms with Crippen LogP contribution < -0.4 is 10.6 Å². The van der Waals surface area contributed by atoms with Crippen LogP contribution >= 0.6 is 0 Å². The maximum Gasteiger partial charge on any atom is 0.233 e. The summed E-state index contributed by atoms with van der Waals surface area (Å²) in [4.78, 5) is 12.7. The maximum absolute atomic E-state index is 12.7. The molecule has 2 aromatic rings. The molecule has 0 radical (unpaired) electrons. The molecule has 21 heavy (non-hydrogen) atoms. The van der Waals surface area contributed by atoms with E-state index in [4.69, 9.17) is 0 Å². The van der Waals surface area contributed by atoms with Crippen LogP contribution in [0, 0.1) is 13.8 Å². The van der Waals surface area contributed by atoms with Crippen LogP contribution in [0.15, 0.2) is 24.3 Å². The molecule has 0 spiro atoms. The van der Waals surface area contributed by atoms with E-state index < -0.39 is 0 Å². The first-order valence-corrected chi connectivity index (χ1v) is 7.17. The molecule has 0 saturated carbocycles. The Morgan fingerprint density at radius 1 is 1.38 bits per heavy atom. The van der Waals surface area contributed by atoms with Gasteiger partial charge in [-0.15, -0.1) is 0 Å². The van der Waals surface area contributed by atoms with Gasteiger partial charge in [-0.3, -0.25) is 9.48 Å². The summed E-state index contributed by atoms with van der Waals surface area (Å²) >= 11 is 0. The molecule has 1 atom stereocenters. The Hall–Kier alpha value is -2.14. The Balaban J connectivity index is 1.87. The second-order valence-corrected chi connectivity index (χ2v) is 5.54. The zero-order valence-corrected chi connectivity index (χ0v) is 12.6. The Labute approximate surface area is 124 Å². The van der Waals surface area contributed by atoms with Crippen molar-refractivity contribution < 1.29 is 4.79 Å². The first-order chi connectivity index (χ1) is 10.1. The van der Waals surface area contributed by atoms with Gasteiger partial charge in [0.1, 0.15) is 0 Å². The van der Waals surface area contributed by atoms with Gasteiger partial charge in [-0.2, -0.15) is 5.10 Å². The number of aryl methyl sites for hydroxylation is 2. The van der Waals surface area contributed by atoms with Crippen molar-refractivity contribution in [3.63, 3.8) is 0 Å². The van der Waals surface area contributed by atoms with E-state index in [1.807, 2.05) is 39.1 Å². The Morgan fingerprint density at radius 3 is 2.86 bits per heavy atom. The molecule has 5 nitrogen and oxygen atoms in total. The predicted molar refractivity (Wildman–Crippen MR) is 82.2 cm³/mol. The normalized spacial score (nSPS) is 17.4. The zero-order chi connectivity index (χ0) is 15.0. The van der Waals surface area contributed by atoms with E-state index in [9.17, 15) is 4.79 Å². The number of carbonyl (C=O) groups excluding carboxylic acids is 1. The SMILES string of the molecule is Cc1nn(C)c(C)c1NC(=O)C1CNCc2ccccc21. The third-order valence-electron chi connectivity index (χ3n) is 4.17. The Kier molecular flexibility index (Phi) is 3.51. The number of nitrogens with zero attached hydrogens (tertiary/aromatic N) is 2. The van der Waals surface area contributed by atoms with Gasteiger partial charge in [0.15, 0.2) is 0 Å². The van der Waals surface area contributed by atoms with Crippen LogP contribution in [0.25, 0.3) is 0 Å². The molecule has 1 aromatic carbocycles. The molecule has 1 aliphatic rings. The van der Waals surface area contributed by atoms with Crippen molar-refractivity contribution in [1.29, 1.82) is 0 Å². The van der Waals surface area contributed by atoms with Gasteiger partial charge in [0.05, 0.1) is 23.0 Å². The predicted octanol–water partition coefficient (Wildman–Crippen LogP) is 1.86. The third kappa shape index (κ3) is 2.45. The number of benzene rings is 1. The van der Waals surface area contributed by atoms with E-state index in [-0.39, 0.29) is 11.8 Å². The van der Waals surface area contributed by atoms with Crippen LogP contribution in [0.5, 0.6) is 0 Å². The van der Waals surface area contributed by atoms with Crippen LogP contribution in [0.4, 0.5) is 5.69 Å². The fourth-order valence-electron chi connectivity index (χ4n) is 2.90. The largest absolute Gasteiger partial charge is 0.322 e. The Bertz CT molecular complexity index is 690. The molecule has 0 aliphatic carbocycles. The molecule has 0 fully saturated rings. The molecule has 2 N–H and O–H groups in total. The van der Waals surface area contributed by atoms with Gasteiger partial charge in [-0.05, 0) is 25.0 Å². The Morgan fingerprint density at radius 2 is 2.14 bits per heavy atom. The van der Waals surface area contributed by atoms with E-state index in [2.05, 4.69) is 21.8 Å². The third-order valence-corrected chi connectivity index (χ3v) is 4.17. The molecule has 5 heteroatoms. The lowest BCUT2D eigenvalue weighted by Crippen LogP contribution is -2.35. The average molecular weight is 284 g/mol. The summed E-state index contributed by atoms with van der Waals surface area (Å²) in [6.45, 7) is 5.37. The van der Waals surface area contributed by atoms with Crippen molar-refractivity contribution in [2.75, 3.05) is 11.9 Å². The minimum absolute atomic E-state index is 0.0221. The summed E-state index contributed by atoms with van der Waals surface area (Å²) < 4.78 is 1.79. The molecular formula is C16H20N4O. The van der Waals surface area contributed by atoms with Crippen LogP contribution in [0.1, 0.15) is 28.4 Å². The molecule has 0 saturated heterocycles. The number of carbonyl (C=O) groups is 1. The summed E-state index contributed by atoms with van der Waals surface area (Å²) in [7, 11) is 1.88. The van der Waals surface area contributed by atoms with Gasteiger partial charge < -0.3 is 10.6 Å². The maximum atomic E-state index is 12.7. The van der Waals surface area contributed by atoms with Gasteiger partial charge >= 0.3 is 0 Å². The summed E-state index contributed by atoms with van der Waals surface area (Å²) in [5.41, 5.74) is 4.96. The van der Waals surface area contributed by atoms with Gasteiger partial charge in [-0.1, -0.05) is 24.3 Å². The summed E-state index contributed by atoms with van der Waals surface area (Å²) in [5, 5.41) is 10.7. The summed E-state index contributed by atoms with van der Waals surface area (Å²) in [6.07, 6.45) is 0. The molecule has 0 bridgehead atoms. The lowest BCUT2D eigenvalue weighted by molar-refractivity contribution is -0.117.